The van der Waals surface area contributed by atoms with Gasteiger partial charge in [-0.05, 0) is 38.1 Å². The number of hydrogen-bond acceptors (Lipinski definition) is 2. The minimum atomic E-state index is 0.337. The molecule has 0 spiro atoms. The zero-order valence-electron chi connectivity index (χ0n) is 7.76. The van der Waals surface area contributed by atoms with Crippen LogP contribution < -0.4 is 5.32 Å². The lowest BCUT2D eigenvalue weighted by Crippen LogP contribution is -2.12. The fourth-order valence-corrected chi connectivity index (χ4v) is 1.11. The number of nitrogens with one attached hydrogen (secondary N) is 1. The topological polar surface area (TPSA) is 32.3 Å². The van der Waals surface area contributed by atoms with Gasteiger partial charge in [-0.2, -0.15) is 0 Å². The molecule has 0 radical (unpaired) electrons. The summed E-state index contributed by atoms with van der Waals surface area (Å²) in [4.78, 5) is 0. The van der Waals surface area contributed by atoms with E-state index in [0.29, 0.717) is 11.8 Å². The van der Waals surface area contributed by atoms with Crippen molar-refractivity contribution in [3.63, 3.8) is 0 Å². The van der Waals surface area contributed by atoms with Gasteiger partial charge in [0.05, 0.1) is 0 Å². The fourth-order valence-electron chi connectivity index (χ4n) is 1.11. The lowest BCUT2D eigenvalue weighted by molar-refractivity contribution is 0.470. The van der Waals surface area contributed by atoms with Gasteiger partial charge in [-0.3, -0.25) is 0 Å². The molecule has 0 aromatic heterocycles. The van der Waals surface area contributed by atoms with Crippen molar-refractivity contribution in [2.24, 2.45) is 0 Å². The number of aromatic hydroxyl groups is 1. The van der Waals surface area contributed by atoms with Crippen molar-refractivity contribution in [3.05, 3.63) is 29.3 Å². The van der Waals surface area contributed by atoms with Gasteiger partial charge in [-0.25, -0.2) is 0 Å². The van der Waals surface area contributed by atoms with Crippen LogP contribution in [0.15, 0.2) is 18.2 Å². The monoisotopic (exact) mass is 165 g/mol. The van der Waals surface area contributed by atoms with Crippen LogP contribution in [0.1, 0.15) is 24.1 Å². The molecule has 2 heteroatoms. The molecule has 0 fully saturated rings. The van der Waals surface area contributed by atoms with E-state index in [-0.39, 0.29) is 0 Å². The van der Waals surface area contributed by atoms with Gasteiger partial charge in [0.25, 0.3) is 0 Å². The van der Waals surface area contributed by atoms with Crippen molar-refractivity contribution in [2.45, 2.75) is 19.9 Å². The van der Waals surface area contributed by atoms with Crippen LogP contribution in [0.25, 0.3) is 0 Å². The maximum absolute atomic E-state index is 9.28. The second kappa shape index (κ2) is 3.59. The Morgan fingerprint density at radius 2 is 2.08 bits per heavy atom. The Hall–Kier alpha value is -1.02. The molecule has 0 aliphatic rings. The highest BCUT2D eigenvalue weighted by atomic mass is 16.3. The molecule has 0 saturated heterocycles. The molecule has 1 atom stereocenters. The van der Waals surface area contributed by atoms with Gasteiger partial charge < -0.3 is 10.4 Å². The standard InChI is InChI=1S/C10H15NO/c1-7-6-9(8(2)11-3)4-5-10(7)12/h4-6,8,11-12H,1-3H3/t8-/m1/s1. The van der Waals surface area contributed by atoms with E-state index >= 15 is 0 Å². The predicted octanol–water partition coefficient (Wildman–Crippen LogP) is 1.98. The maximum Gasteiger partial charge on any atom is 0.118 e. The molecular weight excluding hydrogens is 150 g/mol. The number of phenols is 1. The van der Waals surface area contributed by atoms with Crippen LogP contribution in [0.2, 0.25) is 0 Å². The van der Waals surface area contributed by atoms with Crippen LogP contribution in [0, 0.1) is 6.92 Å². The van der Waals surface area contributed by atoms with Gasteiger partial charge in [-0.15, -0.1) is 0 Å². The highest BCUT2D eigenvalue weighted by Crippen LogP contribution is 2.20. The van der Waals surface area contributed by atoms with Crippen molar-refractivity contribution in [2.75, 3.05) is 7.05 Å². The third-order valence-electron chi connectivity index (χ3n) is 2.15. The summed E-state index contributed by atoms with van der Waals surface area (Å²) in [6.07, 6.45) is 0. The molecule has 12 heavy (non-hydrogen) atoms. The smallest absolute Gasteiger partial charge is 0.118 e. The normalized spacial score (nSPS) is 12.9. The molecule has 0 heterocycles. The van der Waals surface area contributed by atoms with E-state index < -0.39 is 0 Å². The molecule has 66 valence electrons. The minimum absolute atomic E-state index is 0.337. The molecule has 2 N–H and O–H groups in total. The van der Waals surface area contributed by atoms with Crippen molar-refractivity contribution in [1.29, 1.82) is 0 Å². The summed E-state index contributed by atoms with van der Waals surface area (Å²) in [6, 6.07) is 6.00. The average molecular weight is 165 g/mol. The summed E-state index contributed by atoms with van der Waals surface area (Å²) < 4.78 is 0. The van der Waals surface area contributed by atoms with Gasteiger partial charge in [0.15, 0.2) is 0 Å². The van der Waals surface area contributed by atoms with Gasteiger partial charge in [0, 0.05) is 6.04 Å². The van der Waals surface area contributed by atoms with E-state index in [0.717, 1.165) is 5.56 Å². The predicted molar refractivity (Wildman–Crippen MR) is 50.3 cm³/mol. The Morgan fingerprint density at radius 3 is 2.58 bits per heavy atom. The Labute approximate surface area is 73.2 Å². The highest BCUT2D eigenvalue weighted by molar-refractivity contribution is 5.35. The number of aryl methyl sites for hydroxylation is 1. The molecular formula is C10H15NO. The molecule has 0 bridgehead atoms. The van der Waals surface area contributed by atoms with Gasteiger partial charge in [-0.1, -0.05) is 12.1 Å². The summed E-state index contributed by atoms with van der Waals surface area (Å²) in [6.45, 7) is 3.99. The largest absolute Gasteiger partial charge is 0.508 e. The van der Waals surface area contributed by atoms with Gasteiger partial charge in [0.2, 0.25) is 0 Å². The SMILES string of the molecule is CN[C@H](C)c1ccc(O)c(C)c1. The lowest BCUT2D eigenvalue weighted by Gasteiger charge is -2.11. The Bertz CT molecular complexity index is 271. The average Bonchev–Trinajstić information content (AvgIpc) is 2.08. The first-order valence-electron chi connectivity index (χ1n) is 4.12. The van der Waals surface area contributed by atoms with Crippen molar-refractivity contribution in [1.82, 2.24) is 5.32 Å². The van der Waals surface area contributed by atoms with E-state index in [1.807, 2.05) is 26.1 Å². The van der Waals surface area contributed by atoms with E-state index in [9.17, 15) is 5.11 Å². The number of phenolic OH excluding ortho intramolecular Hbond substituents is 1. The number of hydrogen-bond donors (Lipinski definition) is 2. The number of benzene rings is 1. The zero-order chi connectivity index (χ0) is 9.14. The first-order chi connectivity index (χ1) is 5.65. The van der Waals surface area contributed by atoms with E-state index in [1.54, 1.807) is 6.07 Å². The Balaban J connectivity index is 2.96. The van der Waals surface area contributed by atoms with Crippen molar-refractivity contribution < 1.29 is 5.11 Å². The van der Waals surface area contributed by atoms with Crippen molar-refractivity contribution >= 4 is 0 Å². The quantitative estimate of drug-likeness (QED) is 0.702. The summed E-state index contributed by atoms with van der Waals surface area (Å²) >= 11 is 0. The third-order valence-corrected chi connectivity index (χ3v) is 2.15. The second-order valence-electron chi connectivity index (χ2n) is 3.06. The molecule has 2 nitrogen and oxygen atoms in total. The Kier molecular flexibility index (Phi) is 2.71. The molecule has 0 unspecified atom stereocenters. The summed E-state index contributed by atoms with van der Waals surface area (Å²) in [7, 11) is 1.92. The molecule has 0 amide bonds. The highest BCUT2D eigenvalue weighted by Gasteiger charge is 2.03. The molecule has 1 aromatic carbocycles. The Morgan fingerprint density at radius 1 is 1.42 bits per heavy atom. The first-order valence-corrected chi connectivity index (χ1v) is 4.12. The third kappa shape index (κ3) is 1.77. The lowest BCUT2D eigenvalue weighted by atomic mass is 10.1. The summed E-state index contributed by atoms with van der Waals surface area (Å²) in [5.74, 6) is 0.363. The van der Waals surface area contributed by atoms with Crippen LogP contribution in [0.4, 0.5) is 0 Å². The van der Waals surface area contributed by atoms with Crippen LogP contribution in [-0.2, 0) is 0 Å². The summed E-state index contributed by atoms with van der Waals surface area (Å²) in [5.41, 5.74) is 2.13. The molecule has 0 aliphatic carbocycles. The zero-order valence-corrected chi connectivity index (χ0v) is 7.76. The van der Waals surface area contributed by atoms with Gasteiger partial charge >= 0.3 is 0 Å². The van der Waals surface area contributed by atoms with Crippen LogP contribution in [0.3, 0.4) is 0 Å². The fraction of sp³-hybridized carbons (Fsp3) is 0.400. The van der Waals surface area contributed by atoms with Gasteiger partial charge in [0.1, 0.15) is 5.75 Å². The number of rotatable bonds is 2. The van der Waals surface area contributed by atoms with E-state index in [1.165, 1.54) is 5.56 Å². The van der Waals surface area contributed by atoms with E-state index in [4.69, 9.17) is 0 Å². The van der Waals surface area contributed by atoms with Crippen LogP contribution in [-0.4, -0.2) is 12.2 Å². The molecule has 0 saturated carbocycles. The second-order valence-corrected chi connectivity index (χ2v) is 3.06. The minimum Gasteiger partial charge on any atom is -0.508 e. The summed E-state index contributed by atoms with van der Waals surface area (Å²) in [5, 5.41) is 12.4. The molecule has 0 aliphatic heterocycles. The van der Waals surface area contributed by atoms with Crippen molar-refractivity contribution in [3.8, 4) is 5.75 Å². The van der Waals surface area contributed by atoms with Crippen LogP contribution >= 0.6 is 0 Å². The van der Waals surface area contributed by atoms with Crippen LogP contribution in [0.5, 0.6) is 5.75 Å². The molecule has 1 rings (SSSR count). The first kappa shape index (κ1) is 9.07. The van der Waals surface area contributed by atoms with E-state index in [2.05, 4.69) is 12.2 Å². The maximum atomic E-state index is 9.28. The molecule has 1 aromatic rings.